The van der Waals surface area contributed by atoms with Crippen LogP contribution in [0.4, 0.5) is 10.3 Å². The highest BCUT2D eigenvalue weighted by Gasteiger charge is 2.40. The molecule has 0 spiro atoms. The van der Waals surface area contributed by atoms with Crippen molar-refractivity contribution in [2.75, 3.05) is 19.0 Å². The molecule has 1 aliphatic heterocycles. The van der Waals surface area contributed by atoms with Gasteiger partial charge in [-0.3, -0.25) is 14.9 Å². The van der Waals surface area contributed by atoms with E-state index >= 15 is 0 Å². The zero-order valence-electron chi connectivity index (χ0n) is 17.6. The molecule has 2 amide bonds. The summed E-state index contributed by atoms with van der Waals surface area (Å²) < 4.78 is 15.3. The first-order valence-corrected chi connectivity index (χ1v) is 10.3. The average molecular weight is 424 g/mol. The minimum Gasteiger partial charge on any atom is -0.396 e. The lowest BCUT2D eigenvalue weighted by atomic mass is 9.89. The van der Waals surface area contributed by atoms with Gasteiger partial charge >= 0.3 is 0 Å². The van der Waals surface area contributed by atoms with Gasteiger partial charge in [0, 0.05) is 32.2 Å². The number of carbonyl (C=O) groups is 2. The molecule has 1 aliphatic rings. The number of rotatable bonds is 6. The Morgan fingerprint density at radius 3 is 2.77 bits per heavy atom. The predicted octanol–water partition coefficient (Wildman–Crippen LogP) is 3.28. The van der Waals surface area contributed by atoms with Crippen molar-refractivity contribution in [2.24, 2.45) is 0 Å². The van der Waals surface area contributed by atoms with Crippen LogP contribution in [-0.4, -0.2) is 45.0 Å². The van der Waals surface area contributed by atoms with Gasteiger partial charge in [0.05, 0.1) is 16.6 Å². The highest BCUT2D eigenvalue weighted by atomic mass is 19.1. The molecule has 1 saturated heterocycles. The normalized spacial score (nSPS) is 18.7. The van der Waals surface area contributed by atoms with Crippen molar-refractivity contribution in [2.45, 2.75) is 38.3 Å². The molecule has 1 unspecified atom stereocenters. The van der Waals surface area contributed by atoms with E-state index in [1.807, 2.05) is 36.7 Å². The number of anilines is 1. The van der Waals surface area contributed by atoms with E-state index in [0.717, 1.165) is 17.5 Å². The monoisotopic (exact) mass is 424 g/mol. The summed E-state index contributed by atoms with van der Waals surface area (Å²) in [5.41, 5.74) is 2.25. The van der Waals surface area contributed by atoms with Crippen LogP contribution < -0.4 is 5.32 Å². The first-order chi connectivity index (χ1) is 14.8. The van der Waals surface area contributed by atoms with Crippen molar-refractivity contribution in [1.29, 1.82) is 0 Å². The van der Waals surface area contributed by atoms with Crippen molar-refractivity contribution >= 4 is 28.8 Å². The van der Waals surface area contributed by atoms with Gasteiger partial charge in [-0.05, 0) is 55.7 Å². The predicted molar refractivity (Wildman–Crippen MR) is 115 cm³/mol. The van der Waals surface area contributed by atoms with Crippen LogP contribution in [0.15, 0.2) is 42.5 Å². The molecule has 4 rings (SSSR count). The molecule has 0 aliphatic carbocycles. The Morgan fingerprint density at radius 2 is 2.10 bits per heavy atom. The molecular formula is C23H25FN4O3. The van der Waals surface area contributed by atoms with Crippen molar-refractivity contribution in [3.05, 3.63) is 59.4 Å². The van der Waals surface area contributed by atoms with Gasteiger partial charge in [-0.2, -0.15) is 0 Å². The Balaban J connectivity index is 1.72. The third-order valence-electron chi connectivity index (χ3n) is 6.16. The molecule has 0 radical (unpaired) electrons. The van der Waals surface area contributed by atoms with Crippen LogP contribution in [0.1, 0.15) is 42.1 Å². The number of nitrogens with zero attached hydrogens (tertiary/aromatic N) is 3. The summed E-state index contributed by atoms with van der Waals surface area (Å²) in [4.78, 5) is 31.1. The van der Waals surface area contributed by atoms with Gasteiger partial charge in [0.25, 0.3) is 5.91 Å². The van der Waals surface area contributed by atoms with Crippen LogP contribution in [0.2, 0.25) is 0 Å². The van der Waals surface area contributed by atoms with Crippen LogP contribution >= 0.6 is 0 Å². The summed E-state index contributed by atoms with van der Waals surface area (Å²) in [6, 6.07) is 11.3. The number of imidazole rings is 1. The number of aryl methyl sites for hydroxylation is 1. The number of hydrogen-bond donors (Lipinski definition) is 2. The van der Waals surface area contributed by atoms with Gasteiger partial charge < -0.3 is 14.6 Å². The Hall–Kier alpha value is -3.26. The number of fused-ring (bicyclic) bond motifs is 1. The second kappa shape index (κ2) is 8.11. The minimum absolute atomic E-state index is 0.0000171. The summed E-state index contributed by atoms with van der Waals surface area (Å²) in [5, 5.41) is 12.1. The fraction of sp³-hybridized carbons (Fsp3) is 0.348. The molecule has 2 aromatic carbocycles. The van der Waals surface area contributed by atoms with Crippen molar-refractivity contribution in [3.8, 4) is 0 Å². The second-order valence-electron chi connectivity index (χ2n) is 8.06. The van der Waals surface area contributed by atoms with E-state index in [2.05, 4.69) is 10.3 Å². The maximum Gasteiger partial charge on any atom is 0.258 e. The number of benzene rings is 2. The molecule has 162 valence electrons. The van der Waals surface area contributed by atoms with Gasteiger partial charge in [-0.25, -0.2) is 9.37 Å². The number of aromatic nitrogens is 2. The molecule has 1 fully saturated rings. The van der Waals surface area contributed by atoms with Crippen LogP contribution in [0.5, 0.6) is 0 Å². The Bertz CT molecular complexity index is 1160. The molecule has 7 nitrogen and oxygen atoms in total. The summed E-state index contributed by atoms with van der Waals surface area (Å²) >= 11 is 0. The second-order valence-corrected chi connectivity index (χ2v) is 8.06. The lowest BCUT2D eigenvalue weighted by Crippen LogP contribution is -2.37. The molecule has 0 bridgehead atoms. The maximum absolute atomic E-state index is 13.5. The van der Waals surface area contributed by atoms with Crippen molar-refractivity contribution in [1.82, 2.24) is 14.5 Å². The lowest BCUT2D eigenvalue weighted by molar-refractivity contribution is -0.129. The van der Waals surface area contributed by atoms with Crippen molar-refractivity contribution < 1.29 is 19.1 Å². The number of carbonyl (C=O) groups excluding carboxylic acids is 2. The van der Waals surface area contributed by atoms with E-state index in [4.69, 9.17) is 0 Å². The zero-order valence-corrected chi connectivity index (χ0v) is 17.6. The molecular weight excluding hydrogens is 399 g/mol. The summed E-state index contributed by atoms with van der Waals surface area (Å²) in [5.74, 6) is -0.516. The van der Waals surface area contributed by atoms with Gasteiger partial charge in [-0.15, -0.1) is 0 Å². The first kappa shape index (κ1) is 21.0. The van der Waals surface area contributed by atoms with E-state index in [-0.39, 0.29) is 18.1 Å². The largest absolute Gasteiger partial charge is 0.396 e. The maximum atomic E-state index is 13.5. The molecule has 31 heavy (non-hydrogen) atoms. The molecule has 3 aromatic rings. The number of hydrogen-bond acceptors (Lipinski definition) is 4. The first-order valence-electron chi connectivity index (χ1n) is 10.3. The Morgan fingerprint density at radius 1 is 1.29 bits per heavy atom. The Labute approximate surface area is 179 Å². The lowest BCUT2D eigenvalue weighted by Gasteiger charge is -2.32. The number of amides is 2. The van der Waals surface area contributed by atoms with Gasteiger partial charge in [-0.1, -0.05) is 12.1 Å². The number of likely N-dealkylation sites (tertiary alicyclic amines) is 1. The highest BCUT2D eigenvalue weighted by molar-refractivity contribution is 6.04. The van der Waals surface area contributed by atoms with E-state index in [0.29, 0.717) is 30.9 Å². The Kier molecular flexibility index (Phi) is 5.49. The number of aliphatic hydroxyl groups is 1. The van der Waals surface area contributed by atoms with E-state index in [1.165, 1.54) is 24.3 Å². The average Bonchev–Trinajstić information content (AvgIpc) is 3.23. The smallest absolute Gasteiger partial charge is 0.258 e. The van der Waals surface area contributed by atoms with Gasteiger partial charge in [0.1, 0.15) is 5.82 Å². The third kappa shape index (κ3) is 3.79. The number of nitrogens with one attached hydrogen (secondary N) is 1. The fourth-order valence-electron chi connectivity index (χ4n) is 4.12. The van der Waals surface area contributed by atoms with Crippen LogP contribution in [0, 0.1) is 5.82 Å². The summed E-state index contributed by atoms with van der Waals surface area (Å²) in [6.45, 7) is 2.50. The standard InChI is InChI=1S/C23H25FN4O3/c1-23(10-9-20(30)27(23)2)16-7-8-19-18(14-16)25-22(28(19)11-4-12-29)26-21(31)15-5-3-6-17(24)13-15/h3,5-8,13-14,29H,4,9-12H2,1-2H3,(H,25,26,31). The summed E-state index contributed by atoms with van der Waals surface area (Å²) in [6.07, 6.45) is 1.72. The third-order valence-corrected chi connectivity index (χ3v) is 6.16. The number of halogens is 1. The van der Waals surface area contributed by atoms with Gasteiger partial charge in [0.2, 0.25) is 11.9 Å². The zero-order chi connectivity index (χ0) is 22.2. The van der Waals surface area contributed by atoms with E-state index < -0.39 is 17.3 Å². The highest BCUT2D eigenvalue weighted by Crippen LogP contribution is 2.39. The van der Waals surface area contributed by atoms with Crippen LogP contribution in [-0.2, 0) is 16.9 Å². The van der Waals surface area contributed by atoms with Crippen LogP contribution in [0.25, 0.3) is 11.0 Å². The van der Waals surface area contributed by atoms with E-state index in [9.17, 15) is 19.1 Å². The van der Waals surface area contributed by atoms with Gasteiger partial charge in [0.15, 0.2) is 0 Å². The molecule has 1 atom stereocenters. The molecule has 2 heterocycles. The van der Waals surface area contributed by atoms with E-state index in [1.54, 1.807) is 4.90 Å². The molecule has 1 aromatic heterocycles. The molecule has 2 N–H and O–H groups in total. The topological polar surface area (TPSA) is 87.5 Å². The minimum atomic E-state index is -0.491. The number of aliphatic hydroxyl groups excluding tert-OH is 1. The quantitative estimate of drug-likeness (QED) is 0.636. The fourth-order valence-corrected chi connectivity index (χ4v) is 4.12. The van der Waals surface area contributed by atoms with Crippen LogP contribution in [0.3, 0.4) is 0 Å². The SMILES string of the molecule is CN1C(=O)CCC1(C)c1ccc2c(c1)nc(NC(=O)c1cccc(F)c1)n2CCCO. The molecule has 8 heteroatoms. The molecule has 0 saturated carbocycles. The van der Waals surface area contributed by atoms with Crippen molar-refractivity contribution in [3.63, 3.8) is 0 Å². The summed E-state index contributed by atoms with van der Waals surface area (Å²) in [7, 11) is 1.81.